The minimum Gasteiger partial charge on any atom is -0.496 e. The zero-order chi connectivity index (χ0) is 12.8. The standard InChI is InChI=1S/C11H16N2O4/c1-8(7-12-2)17-11-5-4-9(16-3)6-10(11)13(14)15/h4-6,8,12H,7H2,1-3H3. The Labute approximate surface area is 99.7 Å². The van der Waals surface area contributed by atoms with Gasteiger partial charge in [-0.25, -0.2) is 0 Å². The quantitative estimate of drug-likeness (QED) is 0.603. The minimum atomic E-state index is -0.482. The van der Waals surface area contributed by atoms with Crippen molar-refractivity contribution in [3.63, 3.8) is 0 Å². The summed E-state index contributed by atoms with van der Waals surface area (Å²) in [7, 11) is 3.26. The first-order chi connectivity index (χ1) is 8.08. The number of ether oxygens (including phenoxy) is 2. The van der Waals surface area contributed by atoms with Crippen LogP contribution in [0.25, 0.3) is 0 Å². The summed E-state index contributed by atoms with van der Waals surface area (Å²) in [5.41, 5.74) is -0.0905. The van der Waals surface area contributed by atoms with Gasteiger partial charge in [0.25, 0.3) is 0 Å². The van der Waals surface area contributed by atoms with Crippen LogP contribution in [-0.2, 0) is 0 Å². The lowest BCUT2D eigenvalue weighted by atomic mass is 10.2. The van der Waals surface area contributed by atoms with Gasteiger partial charge >= 0.3 is 5.69 Å². The van der Waals surface area contributed by atoms with Crippen LogP contribution in [0, 0.1) is 10.1 Å². The zero-order valence-corrected chi connectivity index (χ0v) is 10.1. The van der Waals surface area contributed by atoms with Gasteiger partial charge in [-0.05, 0) is 26.1 Å². The maximum absolute atomic E-state index is 10.9. The third-order valence-electron chi connectivity index (χ3n) is 2.18. The molecule has 0 aliphatic heterocycles. The molecule has 0 saturated carbocycles. The molecule has 0 saturated heterocycles. The second kappa shape index (κ2) is 6.05. The molecule has 0 heterocycles. The second-order valence-corrected chi connectivity index (χ2v) is 3.58. The largest absolute Gasteiger partial charge is 0.496 e. The van der Waals surface area contributed by atoms with Gasteiger partial charge in [-0.1, -0.05) is 0 Å². The molecule has 1 rings (SSSR count). The van der Waals surface area contributed by atoms with E-state index in [1.54, 1.807) is 19.2 Å². The number of rotatable bonds is 6. The Hall–Kier alpha value is -1.82. The fraction of sp³-hybridized carbons (Fsp3) is 0.455. The molecule has 1 N–H and O–H groups in total. The van der Waals surface area contributed by atoms with E-state index in [0.29, 0.717) is 12.3 Å². The Morgan fingerprint density at radius 2 is 2.24 bits per heavy atom. The number of benzene rings is 1. The van der Waals surface area contributed by atoms with Crippen LogP contribution in [-0.4, -0.2) is 31.7 Å². The number of nitrogens with one attached hydrogen (secondary N) is 1. The van der Waals surface area contributed by atoms with Crippen LogP contribution in [0.4, 0.5) is 5.69 Å². The van der Waals surface area contributed by atoms with E-state index in [1.807, 2.05) is 6.92 Å². The van der Waals surface area contributed by atoms with Crippen molar-refractivity contribution in [3.8, 4) is 11.5 Å². The Bertz CT molecular complexity index is 395. The zero-order valence-electron chi connectivity index (χ0n) is 10.1. The van der Waals surface area contributed by atoms with Gasteiger partial charge in [0.15, 0.2) is 5.75 Å². The first-order valence-corrected chi connectivity index (χ1v) is 5.22. The van der Waals surface area contributed by atoms with E-state index >= 15 is 0 Å². The number of hydrogen-bond acceptors (Lipinski definition) is 5. The van der Waals surface area contributed by atoms with Crippen molar-refractivity contribution in [1.82, 2.24) is 5.32 Å². The Kier molecular flexibility index (Phi) is 4.71. The molecule has 94 valence electrons. The first kappa shape index (κ1) is 13.2. The average molecular weight is 240 g/mol. The summed E-state index contributed by atoms with van der Waals surface area (Å²) in [5, 5.41) is 13.8. The Morgan fingerprint density at radius 3 is 2.76 bits per heavy atom. The van der Waals surface area contributed by atoms with Crippen LogP contribution in [0.3, 0.4) is 0 Å². The number of nitro groups is 1. The van der Waals surface area contributed by atoms with Gasteiger partial charge in [0.05, 0.1) is 18.1 Å². The van der Waals surface area contributed by atoms with Gasteiger partial charge in [0.1, 0.15) is 11.9 Å². The molecule has 0 aliphatic carbocycles. The summed E-state index contributed by atoms with van der Waals surface area (Å²) < 4.78 is 10.4. The number of likely N-dealkylation sites (N-methyl/N-ethyl adjacent to an activating group) is 1. The third-order valence-corrected chi connectivity index (χ3v) is 2.18. The van der Waals surface area contributed by atoms with Crippen LogP contribution < -0.4 is 14.8 Å². The SMILES string of the molecule is CNCC(C)Oc1ccc(OC)cc1[N+](=O)[O-]. The van der Waals surface area contributed by atoms with Gasteiger partial charge in [-0.15, -0.1) is 0 Å². The van der Waals surface area contributed by atoms with Crippen molar-refractivity contribution in [2.45, 2.75) is 13.0 Å². The fourth-order valence-corrected chi connectivity index (χ4v) is 1.41. The molecule has 6 nitrogen and oxygen atoms in total. The molecule has 0 aliphatic rings. The molecule has 1 aromatic carbocycles. The number of nitrogens with zero attached hydrogens (tertiary/aromatic N) is 1. The molecular weight excluding hydrogens is 224 g/mol. The van der Waals surface area contributed by atoms with Crippen molar-refractivity contribution in [2.24, 2.45) is 0 Å². The number of hydrogen-bond donors (Lipinski definition) is 1. The lowest BCUT2D eigenvalue weighted by Gasteiger charge is -2.14. The van der Waals surface area contributed by atoms with Crippen molar-refractivity contribution in [1.29, 1.82) is 0 Å². The predicted molar refractivity (Wildman–Crippen MR) is 63.7 cm³/mol. The van der Waals surface area contributed by atoms with Crippen molar-refractivity contribution >= 4 is 5.69 Å². The van der Waals surface area contributed by atoms with E-state index in [4.69, 9.17) is 9.47 Å². The van der Waals surface area contributed by atoms with Crippen LogP contribution >= 0.6 is 0 Å². The third kappa shape index (κ3) is 3.60. The molecule has 1 atom stereocenters. The topological polar surface area (TPSA) is 73.6 Å². The van der Waals surface area contributed by atoms with Crippen LogP contribution in [0.15, 0.2) is 18.2 Å². The summed E-state index contributed by atoms with van der Waals surface area (Å²) in [6.07, 6.45) is -0.146. The van der Waals surface area contributed by atoms with Crippen LogP contribution in [0.1, 0.15) is 6.92 Å². The van der Waals surface area contributed by atoms with Crippen molar-refractivity contribution < 1.29 is 14.4 Å². The van der Waals surface area contributed by atoms with Crippen LogP contribution in [0.2, 0.25) is 0 Å². The van der Waals surface area contributed by atoms with E-state index < -0.39 is 4.92 Å². The van der Waals surface area contributed by atoms with Gasteiger partial charge in [-0.2, -0.15) is 0 Å². The molecule has 0 aromatic heterocycles. The molecule has 0 spiro atoms. The Morgan fingerprint density at radius 1 is 1.53 bits per heavy atom. The van der Waals surface area contributed by atoms with Crippen molar-refractivity contribution in [2.75, 3.05) is 20.7 Å². The van der Waals surface area contributed by atoms with Crippen molar-refractivity contribution in [3.05, 3.63) is 28.3 Å². The van der Waals surface area contributed by atoms with Gasteiger partial charge in [-0.3, -0.25) is 10.1 Å². The maximum atomic E-state index is 10.9. The Balaban J connectivity index is 2.94. The van der Waals surface area contributed by atoms with E-state index in [-0.39, 0.29) is 17.5 Å². The average Bonchev–Trinajstić information content (AvgIpc) is 2.29. The van der Waals surface area contributed by atoms with Gasteiger partial charge < -0.3 is 14.8 Å². The minimum absolute atomic E-state index is 0.0905. The molecule has 0 amide bonds. The van der Waals surface area contributed by atoms with E-state index in [9.17, 15) is 10.1 Å². The normalized spacial score (nSPS) is 11.9. The maximum Gasteiger partial charge on any atom is 0.314 e. The molecule has 0 radical (unpaired) electrons. The smallest absolute Gasteiger partial charge is 0.314 e. The summed E-state index contributed by atoms with van der Waals surface area (Å²) in [6, 6.07) is 4.53. The van der Waals surface area contributed by atoms with E-state index in [1.165, 1.54) is 13.2 Å². The molecule has 1 unspecified atom stereocenters. The second-order valence-electron chi connectivity index (χ2n) is 3.58. The molecule has 6 heteroatoms. The lowest BCUT2D eigenvalue weighted by Crippen LogP contribution is -2.26. The fourth-order valence-electron chi connectivity index (χ4n) is 1.41. The highest BCUT2D eigenvalue weighted by atomic mass is 16.6. The molecule has 1 aromatic rings. The summed E-state index contributed by atoms with van der Waals surface area (Å²) in [6.45, 7) is 2.45. The highest BCUT2D eigenvalue weighted by molar-refractivity contribution is 5.51. The predicted octanol–water partition coefficient (Wildman–Crippen LogP) is 1.59. The molecule has 17 heavy (non-hydrogen) atoms. The number of methoxy groups -OCH3 is 1. The van der Waals surface area contributed by atoms with Crippen LogP contribution in [0.5, 0.6) is 11.5 Å². The van der Waals surface area contributed by atoms with Gasteiger partial charge in [0, 0.05) is 6.54 Å². The highest BCUT2D eigenvalue weighted by Crippen LogP contribution is 2.31. The van der Waals surface area contributed by atoms with E-state index in [2.05, 4.69) is 5.32 Å². The molecule has 0 bridgehead atoms. The number of nitro benzene ring substituents is 1. The highest BCUT2D eigenvalue weighted by Gasteiger charge is 2.18. The first-order valence-electron chi connectivity index (χ1n) is 5.22. The van der Waals surface area contributed by atoms with Gasteiger partial charge in [0.2, 0.25) is 0 Å². The molecular formula is C11H16N2O4. The monoisotopic (exact) mass is 240 g/mol. The van der Waals surface area contributed by atoms with E-state index in [0.717, 1.165) is 0 Å². The molecule has 0 fully saturated rings. The summed E-state index contributed by atoms with van der Waals surface area (Å²) in [5.74, 6) is 0.684. The summed E-state index contributed by atoms with van der Waals surface area (Å²) >= 11 is 0. The lowest BCUT2D eigenvalue weighted by molar-refractivity contribution is -0.386. The summed E-state index contributed by atoms with van der Waals surface area (Å²) in [4.78, 5) is 10.4.